The maximum absolute atomic E-state index is 12.0. The summed E-state index contributed by atoms with van der Waals surface area (Å²) in [6.07, 6.45) is -5.51. The van der Waals surface area contributed by atoms with Gasteiger partial charge in [0.2, 0.25) is 5.69 Å². The Bertz CT molecular complexity index is 658. The Morgan fingerprint density at radius 2 is 1.92 bits per heavy atom. The van der Waals surface area contributed by atoms with Gasteiger partial charge in [-0.2, -0.15) is 18.3 Å². The highest BCUT2D eigenvalue weighted by molar-refractivity contribution is 6.01. The molecule has 0 spiro atoms. The first-order chi connectivity index (χ1) is 11.6. The second kappa shape index (κ2) is 8.41. The van der Waals surface area contributed by atoms with Crippen LogP contribution in [0.3, 0.4) is 0 Å². The monoisotopic (exact) mass is 369 g/mol. The second-order valence-corrected chi connectivity index (χ2v) is 4.54. The number of primary amides is 1. The van der Waals surface area contributed by atoms with Crippen LogP contribution in [-0.4, -0.2) is 60.2 Å². The van der Waals surface area contributed by atoms with Crippen LogP contribution < -0.4 is 5.73 Å². The van der Waals surface area contributed by atoms with Crippen LogP contribution in [0.4, 0.5) is 18.9 Å². The standard InChI is InChI=1S/C12H15F3N4O6/c1-23-11(21)7-8(19(22)24-2)9(10(16)20)18(17-7)4-6-25-5-3-12(13,14)15/h3-6H2,1-2H3,(H-,16,20)/p+1. The van der Waals surface area contributed by atoms with E-state index in [-0.39, 0.29) is 18.1 Å². The molecular formula is C12H16F3N4O6+. The van der Waals surface area contributed by atoms with E-state index in [0.29, 0.717) is 0 Å². The van der Waals surface area contributed by atoms with Crippen LogP contribution in [0.5, 0.6) is 0 Å². The molecule has 1 amide bonds. The van der Waals surface area contributed by atoms with E-state index < -0.39 is 48.2 Å². The summed E-state index contributed by atoms with van der Waals surface area (Å²) in [6.45, 7) is -1.11. The molecule has 0 aliphatic carbocycles. The lowest BCUT2D eigenvalue weighted by Crippen LogP contribution is -2.21. The summed E-state index contributed by atoms with van der Waals surface area (Å²) in [6, 6.07) is 0. The fourth-order valence-corrected chi connectivity index (χ4v) is 1.80. The summed E-state index contributed by atoms with van der Waals surface area (Å²) < 4.78 is 46.2. The van der Waals surface area contributed by atoms with E-state index in [4.69, 9.17) is 10.5 Å². The van der Waals surface area contributed by atoms with Gasteiger partial charge in [0.05, 0.1) is 38.2 Å². The summed E-state index contributed by atoms with van der Waals surface area (Å²) in [4.78, 5) is 39.3. The first-order valence-electron chi connectivity index (χ1n) is 6.77. The zero-order chi connectivity index (χ0) is 19.2. The number of alkyl halides is 3. The lowest BCUT2D eigenvalue weighted by Gasteiger charge is -2.08. The molecule has 0 aliphatic heterocycles. The molecule has 1 aromatic heterocycles. The van der Waals surface area contributed by atoms with Crippen LogP contribution in [0.1, 0.15) is 27.4 Å². The number of nitrogens with zero attached hydrogens (tertiary/aromatic N) is 3. The average molecular weight is 369 g/mol. The van der Waals surface area contributed by atoms with Crippen LogP contribution in [0.25, 0.3) is 0 Å². The number of rotatable bonds is 9. The number of aromatic nitrogens is 2. The highest BCUT2D eigenvalue weighted by Gasteiger charge is 2.39. The lowest BCUT2D eigenvalue weighted by atomic mass is 10.2. The van der Waals surface area contributed by atoms with Gasteiger partial charge in [0.1, 0.15) is 0 Å². The van der Waals surface area contributed by atoms with Crippen molar-refractivity contribution in [1.82, 2.24) is 9.78 Å². The van der Waals surface area contributed by atoms with E-state index in [1.54, 1.807) is 0 Å². The first-order valence-corrected chi connectivity index (χ1v) is 6.77. The fourth-order valence-electron chi connectivity index (χ4n) is 1.80. The van der Waals surface area contributed by atoms with Crippen molar-refractivity contribution < 1.29 is 42.0 Å². The van der Waals surface area contributed by atoms with E-state index in [1.807, 2.05) is 0 Å². The van der Waals surface area contributed by atoms with Gasteiger partial charge in [0.15, 0.2) is 7.11 Å². The van der Waals surface area contributed by atoms with Crippen LogP contribution in [-0.2, 0) is 20.9 Å². The number of carbonyl (C=O) groups excluding carboxylic acids is 2. The fraction of sp³-hybridized carbons (Fsp3) is 0.583. The predicted molar refractivity (Wildman–Crippen MR) is 73.9 cm³/mol. The molecule has 0 bridgehead atoms. The summed E-state index contributed by atoms with van der Waals surface area (Å²) in [7, 11) is 2.01. The Morgan fingerprint density at radius 1 is 1.28 bits per heavy atom. The Morgan fingerprint density at radius 3 is 2.40 bits per heavy atom. The SMILES string of the molecule is COC(=O)c1nn(CCOCCC(F)(F)F)c(C(N)=O)c1[N+](=O)OC. The van der Waals surface area contributed by atoms with E-state index in [1.165, 1.54) is 0 Å². The van der Waals surface area contributed by atoms with Crippen molar-refractivity contribution in [2.75, 3.05) is 27.4 Å². The van der Waals surface area contributed by atoms with E-state index in [9.17, 15) is 27.7 Å². The molecule has 0 saturated carbocycles. The molecule has 2 N–H and O–H groups in total. The summed E-state index contributed by atoms with van der Waals surface area (Å²) in [5.41, 5.74) is 3.60. The third kappa shape index (κ3) is 5.41. The van der Waals surface area contributed by atoms with Crippen LogP contribution >= 0.6 is 0 Å². The smallest absolute Gasteiger partial charge is 0.391 e. The molecule has 10 nitrogen and oxygen atoms in total. The number of nitrogens with two attached hydrogens (primary N) is 1. The molecule has 0 atom stereocenters. The van der Waals surface area contributed by atoms with Crippen LogP contribution in [0.2, 0.25) is 0 Å². The van der Waals surface area contributed by atoms with Gasteiger partial charge in [0, 0.05) is 0 Å². The molecule has 140 valence electrons. The Balaban J connectivity index is 3.02. The van der Waals surface area contributed by atoms with Crippen molar-refractivity contribution in [3.63, 3.8) is 0 Å². The Labute approximate surface area is 139 Å². The molecular weight excluding hydrogens is 353 g/mol. The number of hydrogen-bond donors (Lipinski definition) is 1. The molecule has 1 rings (SSSR count). The maximum Gasteiger partial charge on any atom is 0.391 e. The van der Waals surface area contributed by atoms with Crippen molar-refractivity contribution in [3.8, 4) is 0 Å². The number of amides is 1. The lowest BCUT2D eigenvalue weighted by molar-refractivity contribution is -0.736. The van der Waals surface area contributed by atoms with Crippen molar-refractivity contribution >= 4 is 17.6 Å². The third-order valence-electron chi connectivity index (χ3n) is 2.87. The van der Waals surface area contributed by atoms with Crippen molar-refractivity contribution in [2.24, 2.45) is 5.73 Å². The van der Waals surface area contributed by atoms with E-state index >= 15 is 0 Å². The molecule has 25 heavy (non-hydrogen) atoms. The summed E-state index contributed by atoms with van der Waals surface area (Å²) >= 11 is 0. The summed E-state index contributed by atoms with van der Waals surface area (Å²) in [5.74, 6) is -2.14. The van der Waals surface area contributed by atoms with Crippen molar-refractivity contribution in [3.05, 3.63) is 16.3 Å². The van der Waals surface area contributed by atoms with Gasteiger partial charge in [0.25, 0.3) is 16.5 Å². The molecule has 0 aliphatic rings. The zero-order valence-electron chi connectivity index (χ0n) is 13.3. The van der Waals surface area contributed by atoms with Gasteiger partial charge < -0.3 is 15.2 Å². The third-order valence-corrected chi connectivity index (χ3v) is 2.87. The number of hydrogen-bond acceptors (Lipinski definition) is 7. The number of carbonyl (C=O) groups is 2. The van der Waals surface area contributed by atoms with Gasteiger partial charge in [-0.1, -0.05) is 0 Å². The molecule has 0 unspecified atom stereocenters. The molecule has 0 radical (unpaired) electrons. The molecule has 0 saturated heterocycles. The molecule has 1 heterocycles. The van der Waals surface area contributed by atoms with Gasteiger partial charge in [-0.15, -0.1) is 0 Å². The average Bonchev–Trinajstić information content (AvgIpc) is 2.91. The molecule has 13 heteroatoms. The van der Waals surface area contributed by atoms with Crippen molar-refractivity contribution in [1.29, 1.82) is 0 Å². The maximum atomic E-state index is 12.0. The largest absolute Gasteiger partial charge is 0.464 e. The topological polar surface area (TPSA) is 126 Å². The van der Waals surface area contributed by atoms with Gasteiger partial charge in [-0.25, -0.2) is 9.63 Å². The Kier molecular flexibility index (Phi) is 6.85. The highest BCUT2D eigenvalue weighted by Crippen LogP contribution is 2.25. The Hall–Kier alpha value is -2.70. The quantitative estimate of drug-likeness (QED) is 0.386. The van der Waals surface area contributed by atoms with Crippen molar-refractivity contribution in [2.45, 2.75) is 19.1 Å². The number of esters is 1. The minimum absolute atomic E-state index is 0.152. The minimum atomic E-state index is -4.36. The predicted octanol–water partition coefficient (Wildman–Crippen LogP) is 0.709. The minimum Gasteiger partial charge on any atom is -0.464 e. The molecule has 0 aromatic carbocycles. The van der Waals surface area contributed by atoms with E-state index in [2.05, 4.69) is 14.7 Å². The summed E-state index contributed by atoms with van der Waals surface area (Å²) in [5, 5.41) is 3.73. The van der Waals surface area contributed by atoms with Gasteiger partial charge in [-0.3, -0.25) is 9.48 Å². The van der Waals surface area contributed by atoms with Crippen LogP contribution in [0.15, 0.2) is 0 Å². The molecule has 0 fully saturated rings. The van der Waals surface area contributed by atoms with Gasteiger partial charge in [-0.05, 0) is 0 Å². The van der Waals surface area contributed by atoms with Gasteiger partial charge >= 0.3 is 17.8 Å². The number of ether oxygens (including phenoxy) is 2. The normalized spacial score (nSPS) is 11.2. The number of methoxy groups -OCH3 is 1. The number of halogens is 3. The van der Waals surface area contributed by atoms with E-state index in [0.717, 1.165) is 18.9 Å². The van der Waals surface area contributed by atoms with Crippen LogP contribution in [0, 0.1) is 4.91 Å². The first kappa shape index (κ1) is 20.3. The zero-order valence-corrected chi connectivity index (χ0v) is 13.3. The highest BCUT2D eigenvalue weighted by atomic mass is 19.4. The second-order valence-electron chi connectivity index (χ2n) is 4.54. The molecule has 1 aromatic rings.